The van der Waals surface area contributed by atoms with Crippen molar-refractivity contribution in [3.8, 4) is 34.1 Å². The maximum Gasteiger partial charge on any atom is 0.387 e. The second-order valence-corrected chi connectivity index (χ2v) is 10.4. The van der Waals surface area contributed by atoms with Gasteiger partial charge < -0.3 is 24.7 Å². The highest BCUT2D eigenvalue weighted by molar-refractivity contribution is 6.27. The molecular formula is C31H25F2N2O5Si. The molecule has 0 amide bonds. The number of aliphatic carboxylic acids is 1. The van der Waals surface area contributed by atoms with Crippen molar-refractivity contribution in [2.45, 2.75) is 31.7 Å². The number of nitrogens with zero attached hydrogens (tertiary/aromatic N) is 1. The molecule has 0 aliphatic carbocycles. The molecule has 0 spiro atoms. The number of carboxylic acids is 1. The Morgan fingerprint density at radius 1 is 1.05 bits per heavy atom. The molecule has 7 nitrogen and oxygen atoms in total. The number of rotatable bonds is 10. The van der Waals surface area contributed by atoms with Gasteiger partial charge in [0.25, 0.3) is 0 Å². The molecule has 4 aromatic carbocycles. The van der Waals surface area contributed by atoms with Crippen LogP contribution in [0.25, 0.3) is 33.7 Å². The van der Waals surface area contributed by atoms with Gasteiger partial charge in [0.05, 0.1) is 10.2 Å². The molecule has 1 unspecified atom stereocenters. The van der Waals surface area contributed by atoms with E-state index in [9.17, 15) is 23.8 Å². The van der Waals surface area contributed by atoms with E-state index in [0.717, 1.165) is 22.3 Å². The van der Waals surface area contributed by atoms with Gasteiger partial charge in [-0.1, -0.05) is 54.6 Å². The fourth-order valence-corrected chi connectivity index (χ4v) is 4.93. The predicted molar refractivity (Wildman–Crippen MR) is 151 cm³/mol. The van der Waals surface area contributed by atoms with Crippen LogP contribution in [0.3, 0.4) is 0 Å². The number of ether oxygens (including phenoxy) is 1. The molecular weight excluding hydrogens is 546 g/mol. The number of carbonyl (C=O) groups is 1. The van der Waals surface area contributed by atoms with Crippen molar-refractivity contribution in [2.75, 3.05) is 0 Å². The third-order valence-electron chi connectivity index (χ3n) is 6.79. The quantitative estimate of drug-likeness (QED) is 0.175. The van der Waals surface area contributed by atoms with Gasteiger partial charge >= 0.3 is 12.6 Å². The summed E-state index contributed by atoms with van der Waals surface area (Å²) in [5, 5.41) is 20.7. The van der Waals surface area contributed by atoms with Crippen LogP contribution in [-0.4, -0.2) is 43.2 Å². The van der Waals surface area contributed by atoms with Crippen LogP contribution in [0.4, 0.5) is 8.78 Å². The largest absolute Gasteiger partial charge is 0.508 e. The Morgan fingerprint density at radius 2 is 1.76 bits per heavy atom. The lowest BCUT2D eigenvalue weighted by molar-refractivity contribution is -0.141. The van der Waals surface area contributed by atoms with E-state index in [-0.39, 0.29) is 35.6 Å². The predicted octanol–water partition coefficient (Wildman–Crippen LogP) is 6.06. The standard InChI is InChI=1S/C31H25F2N2O5Si/c1-18-23(20-6-3-2-4-7-20)8-5-9-24(18)28-35-25-14-21(26(40-30(32)33)15-27(25)39-28)17-34-31(41,29(37)38)16-19-10-12-22(36)13-11-19/h2-15,30,34,36H,16-17H2,1H3,(H,37,38). The molecule has 0 fully saturated rings. The molecule has 5 rings (SSSR count). The monoisotopic (exact) mass is 571 g/mol. The van der Waals surface area contributed by atoms with E-state index in [0.29, 0.717) is 17.0 Å². The Balaban J connectivity index is 1.48. The molecule has 0 saturated heterocycles. The molecule has 3 N–H and O–H groups in total. The Kier molecular flexibility index (Phi) is 7.87. The molecule has 41 heavy (non-hydrogen) atoms. The second kappa shape index (κ2) is 11.5. The first-order chi connectivity index (χ1) is 19.6. The minimum absolute atomic E-state index is 0.00206. The molecule has 0 saturated carbocycles. The summed E-state index contributed by atoms with van der Waals surface area (Å²) in [6, 6.07) is 24.6. The van der Waals surface area contributed by atoms with Crippen LogP contribution >= 0.6 is 0 Å². The molecule has 10 heteroatoms. The zero-order valence-electron chi connectivity index (χ0n) is 21.9. The van der Waals surface area contributed by atoms with Gasteiger partial charge in [0.15, 0.2) is 5.58 Å². The molecule has 3 radical (unpaired) electrons. The number of aromatic nitrogens is 1. The summed E-state index contributed by atoms with van der Waals surface area (Å²) < 4.78 is 37.4. The highest BCUT2D eigenvalue weighted by atomic mass is 28.1. The fraction of sp³-hybridized carbons (Fsp3) is 0.161. The van der Waals surface area contributed by atoms with Gasteiger partial charge in [-0.3, -0.25) is 4.79 Å². The van der Waals surface area contributed by atoms with Gasteiger partial charge in [-0.05, 0) is 59.9 Å². The van der Waals surface area contributed by atoms with E-state index in [1.54, 1.807) is 18.2 Å². The number of alkyl halides is 2. The van der Waals surface area contributed by atoms with Crippen LogP contribution in [0, 0.1) is 6.92 Å². The van der Waals surface area contributed by atoms with E-state index < -0.39 is 17.7 Å². The van der Waals surface area contributed by atoms with Gasteiger partial charge in [-0.25, -0.2) is 4.98 Å². The van der Waals surface area contributed by atoms with E-state index in [1.807, 2.05) is 55.5 Å². The Morgan fingerprint density at radius 3 is 2.44 bits per heavy atom. The molecule has 1 heterocycles. The number of carboxylic acid groups (broad SMARTS) is 1. The second-order valence-electron chi connectivity index (χ2n) is 9.58. The number of halogens is 2. The normalized spacial score (nSPS) is 12.9. The molecule has 0 aliphatic heterocycles. The third-order valence-corrected chi connectivity index (χ3v) is 7.35. The summed E-state index contributed by atoms with van der Waals surface area (Å²) in [5.74, 6) is -1.01. The van der Waals surface area contributed by atoms with Gasteiger partial charge in [0, 0.05) is 23.7 Å². The lowest BCUT2D eigenvalue weighted by Crippen LogP contribution is -2.54. The first-order valence-corrected chi connectivity index (χ1v) is 13.2. The number of nitrogens with one attached hydrogen (secondary N) is 1. The average molecular weight is 572 g/mol. The van der Waals surface area contributed by atoms with Crippen molar-refractivity contribution in [3.63, 3.8) is 0 Å². The van der Waals surface area contributed by atoms with Gasteiger partial charge in [0.2, 0.25) is 5.89 Å². The van der Waals surface area contributed by atoms with Crippen molar-refractivity contribution in [1.29, 1.82) is 0 Å². The minimum Gasteiger partial charge on any atom is -0.508 e. The number of phenolic OH excluding ortho intramolecular Hbond substituents is 1. The highest BCUT2D eigenvalue weighted by Crippen LogP contribution is 2.35. The Hall–Kier alpha value is -4.54. The molecule has 0 aliphatic rings. The summed E-state index contributed by atoms with van der Waals surface area (Å²) in [6.07, 6.45) is -0.00206. The number of oxazole rings is 1. The number of aromatic hydroxyl groups is 1. The number of hydrogen-bond donors (Lipinski definition) is 3. The zero-order valence-corrected chi connectivity index (χ0v) is 22.9. The lowest BCUT2D eigenvalue weighted by Gasteiger charge is -2.27. The van der Waals surface area contributed by atoms with Crippen molar-refractivity contribution >= 4 is 27.3 Å². The molecule has 0 bridgehead atoms. The Labute approximate surface area is 237 Å². The van der Waals surface area contributed by atoms with E-state index in [1.165, 1.54) is 18.2 Å². The van der Waals surface area contributed by atoms with E-state index >= 15 is 0 Å². The van der Waals surface area contributed by atoms with Crippen LogP contribution in [0.1, 0.15) is 16.7 Å². The van der Waals surface area contributed by atoms with E-state index in [4.69, 9.17) is 9.15 Å². The summed E-state index contributed by atoms with van der Waals surface area (Å²) in [6.45, 7) is -1.29. The van der Waals surface area contributed by atoms with Crippen LogP contribution in [-0.2, 0) is 17.8 Å². The maximum absolute atomic E-state index is 13.3. The number of fused-ring (bicyclic) bond motifs is 1. The van der Waals surface area contributed by atoms with Gasteiger partial charge in [0.1, 0.15) is 22.2 Å². The van der Waals surface area contributed by atoms with E-state index in [2.05, 4.69) is 20.5 Å². The Bertz CT molecular complexity index is 1690. The van der Waals surface area contributed by atoms with Gasteiger partial charge in [-0.2, -0.15) is 8.78 Å². The van der Waals surface area contributed by atoms with Crippen molar-refractivity contribution < 1.29 is 32.9 Å². The zero-order chi connectivity index (χ0) is 29.1. The summed E-state index contributed by atoms with van der Waals surface area (Å²) in [5.41, 5.74) is 5.27. The summed E-state index contributed by atoms with van der Waals surface area (Å²) in [4.78, 5) is 16.8. The first kappa shape index (κ1) is 28.0. The lowest BCUT2D eigenvalue weighted by atomic mass is 9.96. The maximum atomic E-state index is 13.3. The molecule has 1 aromatic heterocycles. The SMILES string of the molecule is Cc1c(-c2ccccc2)cccc1-c1nc2cc(CNC([Si])(Cc3ccc(O)cc3)C(=O)O)c(OC(F)F)cc2o1. The number of benzene rings is 4. The van der Waals surface area contributed by atoms with Crippen LogP contribution in [0.15, 0.2) is 89.3 Å². The minimum atomic E-state index is -3.11. The van der Waals surface area contributed by atoms with Crippen molar-refractivity contribution in [3.05, 3.63) is 102 Å². The smallest absolute Gasteiger partial charge is 0.387 e. The summed E-state index contributed by atoms with van der Waals surface area (Å²) >= 11 is 0. The number of phenols is 1. The third kappa shape index (κ3) is 6.13. The van der Waals surface area contributed by atoms with Crippen molar-refractivity contribution in [2.24, 2.45) is 0 Å². The topological polar surface area (TPSA) is 105 Å². The van der Waals surface area contributed by atoms with Crippen LogP contribution < -0.4 is 10.1 Å². The average Bonchev–Trinajstić information content (AvgIpc) is 3.36. The number of hydrogen-bond acceptors (Lipinski definition) is 6. The first-order valence-electron chi connectivity index (χ1n) is 12.7. The fourth-order valence-electron chi connectivity index (χ4n) is 4.64. The van der Waals surface area contributed by atoms with Crippen molar-refractivity contribution in [1.82, 2.24) is 10.3 Å². The molecule has 5 aromatic rings. The highest BCUT2D eigenvalue weighted by Gasteiger charge is 2.33. The molecule has 1 atom stereocenters. The van der Waals surface area contributed by atoms with Gasteiger partial charge in [-0.15, -0.1) is 0 Å². The van der Waals surface area contributed by atoms with Crippen LogP contribution in [0.5, 0.6) is 11.5 Å². The molecule has 207 valence electrons. The summed E-state index contributed by atoms with van der Waals surface area (Å²) in [7, 11) is 3.33. The van der Waals surface area contributed by atoms with Crippen LogP contribution in [0.2, 0.25) is 0 Å².